The first-order chi connectivity index (χ1) is 16.2. The normalized spacial score (nSPS) is 10.3. The standard InChI is InChI=1S/C27H23N3O2S/c31-26(25(20-10-4-1-5-11-20)21-12-6-2-7-13-21)29-30-27(33)28-22-16-18-24(19-17-22)32-23-14-8-3-9-15-23/h1-19,25H,(H,29,31)(H2,28,30,33). The molecule has 0 aliphatic rings. The van der Waals surface area contributed by atoms with Gasteiger partial charge in [-0.3, -0.25) is 15.6 Å². The first-order valence-electron chi connectivity index (χ1n) is 10.5. The van der Waals surface area contributed by atoms with Gasteiger partial charge in [-0.05, 0) is 59.7 Å². The quantitative estimate of drug-likeness (QED) is 0.261. The summed E-state index contributed by atoms with van der Waals surface area (Å²) in [4.78, 5) is 13.0. The maximum absolute atomic E-state index is 13.0. The van der Waals surface area contributed by atoms with Crippen LogP contribution in [0.1, 0.15) is 17.0 Å². The summed E-state index contributed by atoms with van der Waals surface area (Å²) in [6, 6.07) is 36.2. The molecular formula is C27H23N3O2S. The van der Waals surface area contributed by atoms with Crippen LogP contribution in [0.2, 0.25) is 0 Å². The number of hydrogen-bond donors (Lipinski definition) is 3. The lowest BCUT2D eigenvalue weighted by atomic mass is 9.91. The van der Waals surface area contributed by atoms with Crippen molar-refractivity contribution in [1.82, 2.24) is 10.9 Å². The first kappa shape index (κ1) is 22.0. The van der Waals surface area contributed by atoms with E-state index in [2.05, 4.69) is 16.2 Å². The van der Waals surface area contributed by atoms with Crippen LogP contribution in [-0.4, -0.2) is 11.0 Å². The summed E-state index contributed by atoms with van der Waals surface area (Å²) in [6.07, 6.45) is 0. The molecule has 0 spiro atoms. The Morgan fingerprint density at radius 2 is 1.12 bits per heavy atom. The predicted octanol–water partition coefficient (Wildman–Crippen LogP) is 5.63. The second-order valence-corrected chi connectivity index (χ2v) is 7.67. The van der Waals surface area contributed by atoms with E-state index in [1.165, 1.54) is 0 Å². The van der Waals surface area contributed by atoms with Gasteiger partial charge in [0.25, 0.3) is 0 Å². The van der Waals surface area contributed by atoms with Gasteiger partial charge < -0.3 is 10.1 Å². The predicted molar refractivity (Wildman–Crippen MR) is 135 cm³/mol. The molecule has 4 rings (SSSR count). The molecule has 0 aliphatic carbocycles. The van der Waals surface area contributed by atoms with Gasteiger partial charge in [-0.2, -0.15) is 0 Å². The van der Waals surface area contributed by atoms with Crippen LogP contribution >= 0.6 is 12.2 Å². The maximum atomic E-state index is 13.0. The number of thiocarbonyl (C=S) groups is 1. The molecule has 4 aromatic rings. The largest absolute Gasteiger partial charge is 0.457 e. The molecule has 0 aliphatic heterocycles. The summed E-state index contributed by atoms with van der Waals surface area (Å²) < 4.78 is 5.79. The maximum Gasteiger partial charge on any atom is 0.250 e. The fourth-order valence-electron chi connectivity index (χ4n) is 3.37. The van der Waals surface area contributed by atoms with Crippen molar-refractivity contribution in [1.29, 1.82) is 0 Å². The van der Waals surface area contributed by atoms with Crippen LogP contribution < -0.4 is 20.9 Å². The van der Waals surface area contributed by atoms with Gasteiger partial charge >= 0.3 is 0 Å². The lowest BCUT2D eigenvalue weighted by Gasteiger charge is -2.19. The molecule has 0 aromatic heterocycles. The fourth-order valence-corrected chi connectivity index (χ4v) is 3.54. The number of anilines is 1. The van der Waals surface area contributed by atoms with Gasteiger partial charge in [-0.1, -0.05) is 78.9 Å². The molecule has 0 unspecified atom stereocenters. The molecule has 3 N–H and O–H groups in total. The Balaban J connectivity index is 1.35. The number of carbonyl (C=O) groups excluding carboxylic acids is 1. The Bertz CT molecular complexity index is 1140. The Labute approximate surface area is 198 Å². The van der Waals surface area contributed by atoms with Crippen molar-refractivity contribution in [3.63, 3.8) is 0 Å². The Kier molecular flexibility index (Phi) is 7.30. The third-order valence-corrected chi connectivity index (χ3v) is 5.12. The molecule has 6 heteroatoms. The minimum absolute atomic E-state index is 0.205. The van der Waals surface area contributed by atoms with Gasteiger partial charge in [0.2, 0.25) is 5.91 Å². The molecule has 0 radical (unpaired) electrons. The van der Waals surface area contributed by atoms with Crippen LogP contribution in [0, 0.1) is 0 Å². The van der Waals surface area contributed by atoms with Crippen molar-refractivity contribution in [2.45, 2.75) is 5.92 Å². The van der Waals surface area contributed by atoms with Gasteiger partial charge in [0.1, 0.15) is 11.5 Å². The molecule has 164 valence electrons. The zero-order valence-corrected chi connectivity index (χ0v) is 18.6. The summed E-state index contributed by atoms with van der Waals surface area (Å²) in [7, 11) is 0. The van der Waals surface area contributed by atoms with Gasteiger partial charge in [-0.25, -0.2) is 0 Å². The zero-order chi connectivity index (χ0) is 22.9. The van der Waals surface area contributed by atoms with Gasteiger partial charge in [0.15, 0.2) is 5.11 Å². The molecule has 0 bridgehead atoms. The van der Waals surface area contributed by atoms with E-state index in [4.69, 9.17) is 17.0 Å². The van der Waals surface area contributed by atoms with Crippen molar-refractivity contribution in [3.05, 3.63) is 126 Å². The van der Waals surface area contributed by atoms with E-state index in [9.17, 15) is 4.79 Å². The molecule has 0 atom stereocenters. The monoisotopic (exact) mass is 453 g/mol. The van der Waals surface area contributed by atoms with Crippen molar-refractivity contribution >= 4 is 28.9 Å². The Hall–Kier alpha value is -4.16. The number of hydrogen-bond acceptors (Lipinski definition) is 3. The molecule has 0 saturated heterocycles. The van der Waals surface area contributed by atoms with Crippen molar-refractivity contribution in [2.75, 3.05) is 5.32 Å². The van der Waals surface area contributed by atoms with E-state index >= 15 is 0 Å². The number of amides is 1. The summed E-state index contributed by atoms with van der Waals surface area (Å²) >= 11 is 5.34. The van der Waals surface area contributed by atoms with Crippen LogP contribution in [0.15, 0.2) is 115 Å². The van der Waals surface area contributed by atoms with Crippen molar-refractivity contribution in [3.8, 4) is 11.5 Å². The van der Waals surface area contributed by atoms with Crippen LogP contribution in [0.3, 0.4) is 0 Å². The molecule has 0 saturated carbocycles. The molecular weight excluding hydrogens is 430 g/mol. The lowest BCUT2D eigenvalue weighted by molar-refractivity contribution is -0.122. The molecule has 5 nitrogen and oxygen atoms in total. The van der Waals surface area contributed by atoms with Crippen LogP contribution in [0.5, 0.6) is 11.5 Å². The third-order valence-electron chi connectivity index (χ3n) is 4.92. The summed E-state index contributed by atoms with van der Waals surface area (Å²) in [6.45, 7) is 0. The van der Waals surface area contributed by atoms with Crippen molar-refractivity contribution < 1.29 is 9.53 Å². The highest BCUT2D eigenvalue weighted by Gasteiger charge is 2.22. The van der Waals surface area contributed by atoms with Crippen LogP contribution in [-0.2, 0) is 4.79 Å². The van der Waals surface area contributed by atoms with E-state index < -0.39 is 5.92 Å². The smallest absolute Gasteiger partial charge is 0.250 e. The number of hydrazine groups is 1. The third kappa shape index (κ3) is 6.18. The average Bonchev–Trinajstić information content (AvgIpc) is 2.86. The van der Waals surface area contributed by atoms with E-state index in [1.807, 2.05) is 115 Å². The van der Waals surface area contributed by atoms with Gasteiger partial charge in [0, 0.05) is 5.69 Å². The molecule has 33 heavy (non-hydrogen) atoms. The number of carbonyl (C=O) groups is 1. The van der Waals surface area contributed by atoms with Gasteiger partial charge in [0.05, 0.1) is 5.92 Å². The van der Waals surface area contributed by atoms with Gasteiger partial charge in [-0.15, -0.1) is 0 Å². The van der Waals surface area contributed by atoms with Crippen molar-refractivity contribution in [2.24, 2.45) is 0 Å². The van der Waals surface area contributed by atoms with E-state index in [-0.39, 0.29) is 11.0 Å². The Morgan fingerprint density at radius 3 is 1.67 bits per heavy atom. The SMILES string of the molecule is O=C(NNC(=S)Nc1ccc(Oc2ccccc2)cc1)C(c1ccccc1)c1ccccc1. The number of rotatable bonds is 6. The van der Waals surface area contributed by atoms with Crippen LogP contribution in [0.4, 0.5) is 5.69 Å². The highest BCUT2D eigenvalue weighted by atomic mass is 32.1. The van der Waals surface area contributed by atoms with Crippen LogP contribution in [0.25, 0.3) is 0 Å². The van der Waals surface area contributed by atoms with E-state index in [1.54, 1.807) is 0 Å². The second-order valence-electron chi connectivity index (χ2n) is 7.26. The number of nitrogens with one attached hydrogen (secondary N) is 3. The molecule has 4 aromatic carbocycles. The number of para-hydroxylation sites is 1. The molecule has 1 amide bonds. The minimum Gasteiger partial charge on any atom is -0.457 e. The van der Waals surface area contributed by atoms with E-state index in [0.717, 1.165) is 22.6 Å². The number of benzene rings is 4. The summed E-state index contributed by atoms with van der Waals surface area (Å²) in [5, 5.41) is 3.33. The summed E-state index contributed by atoms with van der Waals surface area (Å²) in [5.41, 5.74) is 8.09. The topological polar surface area (TPSA) is 62.4 Å². The average molecular weight is 454 g/mol. The first-order valence-corrected chi connectivity index (χ1v) is 10.9. The highest BCUT2D eigenvalue weighted by molar-refractivity contribution is 7.80. The molecule has 0 fully saturated rings. The zero-order valence-electron chi connectivity index (χ0n) is 17.8. The summed E-state index contributed by atoms with van der Waals surface area (Å²) in [5.74, 6) is 0.817. The number of ether oxygens (including phenoxy) is 1. The minimum atomic E-state index is -0.461. The molecule has 0 heterocycles. The Morgan fingerprint density at radius 1 is 0.636 bits per heavy atom. The van der Waals surface area contributed by atoms with E-state index in [0.29, 0.717) is 5.75 Å². The lowest BCUT2D eigenvalue weighted by Crippen LogP contribution is -2.45. The fraction of sp³-hybridized carbons (Fsp3) is 0.0370. The second kappa shape index (κ2) is 10.9. The highest BCUT2D eigenvalue weighted by Crippen LogP contribution is 2.25.